The highest BCUT2D eigenvalue weighted by Crippen LogP contribution is 2.42. The van der Waals surface area contributed by atoms with Crippen molar-refractivity contribution in [2.24, 2.45) is 0 Å². The largest absolute Gasteiger partial charge is 0.388 e. The van der Waals surface area contributed by atoms with E-state index in [-0.39, 0.29) is 23.7 Å². The van der Waals surface area contributed by atoms with Gasteiger partial charge in [-0.15, -0.1) is 0 Å². The maximum atomic E-state index is 10.3. The molecule has 3 rings (SSSR count). The van der Waals surface area contributed by atoms with Crippen molar-refractivity contribution >= 4 is 11.8 Å². The van der Waals surface area contributed by atoms with Gasteiger partial charge in [0.05, 0.1) is 6.10 Å². The first-order chi connectivity index (χ1) is 9.85. The van der Waals surface area contributed by atoms with Crippen molar-refractivity contribution in [3.05, 3.63) is 29.8 Å². The van der Waals surface area contributed by atoms with Crippen molar-refractivity contribution in [3.8, 4) is 0 Å². The summed E-state index contributed by atoms with van der Waals surface area (Å²) in [5.74, 6) is -0.685. The van der Waals surface area contributed by atoms with Crippen LogP contribution in [0.1, 0.15) is 26.3 Å². The van der Waals surface area contributed by atoms with E-state index >= 15 is 0 Å². The summed E-state index contributed by atoms with van der Waals surface area (Å²) >= 11 is 1.62. The normalized spacial score (nSPS) is 38.2. The molecule has 1 aromatic carbocycles. The second-order valence-corrected chi connectivity index (χ2v) is 7.37. The average molecular weight is 310 g/mol. The molecule has 2 saturated heterocycles. The maximum Gasteiger partial charge on any atom is 0.164 e. The third-order valence-electron chi connectivity index (χ3n) is 3.87. The molecule has 5 heteroatoms. The minimum atomic E-state index is -0.685. The molecule has 0 bridgehead atoms. The Hall–Kier alpha value is -0.590. The number of fused-ring (bicyclic) bond motifs is 1. The van der Waals surface area contributed by atoms with Crippen LogP contribution in [0.5, 0.6) is 0 Å². The third kappa shape index (κ3) is 3.12. The second kappa shape index (κ2) is 5.56. The Morgan fingerprint density at radius 2 is 1.71 bits per heavy atom. The lowest BCUT2D eigenvalue weighted by atomic mass is 10.0. The first-order valence-corrected chi connectivity index (χ1v) is 8.16. The highest BCUT2D eigenvalue weighted by molar-refractivity contribution is 7.99. The van der Waals surface area contributed by atoms with Gasteiger partial charge in [0.15, 0.2) is 5.79 Å². The van der Waals surface area contributed by atoms with Crippen LogP contribution in [0, 0.1) is 6.92 Å². The predicted molar refractivity (Wildman–Crippen MR) is 81.2 cm³/mol. The molecule has 2 heterocycles. The van der Waals surface area contributed by atoms with Crippen LogP contribution in [0.4, 0.5) is 0 Å². The SMILES string of the molecule is Cc1ccc(SC2OC(C)C(O)C3OC(C)(C)OC23)cc1. The Labute approximate surface area is 129 Å². The zero-order valence-electron chi connectivity index (χ0n) is 12.8. The van der Waals surface area contributed by atoms with Gasteiger partial charge in [-0.3, -0.25) is 0 Å². The van der Waals surface area contributed by atoms with E-state index in [0.717, 1.165) is 4.90 Å². The molecule has 2 aliphatic heterocycles. The number of benzene rings is 1. The summed E-state index contributed by atoms with van der Waals surface area (Å²) in [4.78, 5) is 1.13. The topological polar surface area (TPSA) is 47.9 Å². The fourth-order valence-electron chi connectivity index (χ4n) is 2.77. The minimum absolute atomic E-state index is 0.183. The Balaban J connectivity index is 1.79. The van der Waals surface area contributed by atoms with Gasteiger partial charge in [0.25, 0.3) is 0 Å². The quantitative estimate of drug-likeness (QED) is 0.910. The standard InChI is InChI=1S/C16H22O4S/c1-9-5-7-11(8-6-9)21-15-14-13(12(17)10(2)18-15)19-16(3,4)20-14/h5-8,10,12-15,17H,1-4H3. The van der Waals surface area contributed by atoms with E-state index < -0.39 is 11.9 Å². The van der Waals surface area contributed by atoms with E-state index in [1.165, 1.54) is 5.56 Å². The molecular weight excluding hydrogens is 288 g/mol. The van der Waals surface area contributed by atoms with Gasteiger partial charge in [-0.1, -0.05) is 29.5 Å². The fraction of sp³-hybridized carbons (Fsp3) is 0.625. The van der Waals surface area contributed by atoms with Crippen LogP contribution in [0.3, 0.4) is 0 Å². The Bertz CT molecular complexity index is 502. The van der Waals surface area contributed by atoms with Crippen molar-refractivity contribution in [1.29, 1.82) is 0 Å². The zero-order valence-corrected chi connectivity index (χ0v) is 13.6. The monoisotopic (exact) mass is 310 g/mol. The molecule has 2 fully saturated rings. The Morgan fingerprint density at radius 1 is 1.10 bits per heavy atom. The van der Waals surface area contributed by atoms with Crippen molar-refractivity contribution in [3.63, 3.8) is 0 Å². The first-order valence-electron chi connectivity index (χ1n) is 7.28. The van der Waals surface area contributed by atoms with Gasteiger partial charge in [-0.05, 0) is 39.8 Å². The minimum Gasteiger partial charge on any atom is -0.388 e. The van der Waals surface area contributed by atoms with Gasteiger partial charge in [0.1, 0.15) is 23.7 Å². The highest BCUT2D eigenvalue weighted by Gasteiger charge is 2.54. The highest BCUT2D eigenvalue weighted by atomic mass is 32.2. The second-order valence-electron chi connectivity index (χ2n) is 6.20. The molecule has 4 nitrogen and oxygen atoms in total. The maximum absolute atomic E-state index is 10.3. The Morgan fingerprint density at radius 3 is 2.38 bits per heavy atom. The van der Waals surface area contributed by atoms with Crippen LogP contribution in [0.25, 0.3) is 0 Å². The average Bonchev–Trinajstić information content (AvgIpc) is 2.75. The van der Waals surface area contributed by atoms with E-state index in [9.17, 15) is 5.11 Å². The number of ether oxygens (including phenoxy) is 3. The van der Waals surface area contributed by atoms with Gasteiger partial charge < -0.3 is 19.3 Å². The molecule has 116 valence electrons. The lowest BCUT2D eigenvalue weighted by Crippen LogP contribution is -2.54. The first kappa shape index (κ1) is 15.3. The van der Waals surface area contributed by atoms with E-state index in [1.807, 2.05) is 20.8 Å². The summed E-state index contributed by atoms with van der Waals surface area (Å²) in [7, 11) is 0. The molecule has 2 aliphatic rings. The molecule has 5 atom stereocenters. The van der Waals surface area contributed by atoms with Crippen LogP contribution < -0.4 is 0 Å². The smallest absolute Gasteiger partial charge is 0.164 e. The van der Waals surface area contributed by atoms with Crippen molar-refractivity contribution in [2.75, 3.05) is 0 Å². The van der Waals surface area contributed by atoms with Crippen molar-refractivity contribution in [2.45, 2.75) is 68.2 Å². The number of aryl methyl sites for hydroxylation is 1. The van der Waals surface area contributed by atoms with Gasteiger partial charge in [-0.25, -0.2) is 0 Å². The molecule has 1 aromatic rings. The van der Waals surface area contributed by atoms with Gasteiger partial charge in [0, 0.05) is 4.90 Å². The molecular formula is C16H22O4S. The number of aliphatic hydroxyl groups excluding tert-OH is 1. The van der Waals surface area contributed by atoms with E-state index in [1.54, 1.807) is 11.8 Å². The molecule has 0 spiro atoms. The molecule has 0 aromatic heterocycles. The van der Waals surface area contributed by atoms with Crippen LogP contribution in [0.2, 0.25) is 0 Å². The van der Waals surface area contributed by atoms with Crippen LogP contribution in [-0.4, -0.2) is 40.7 Å². The van der Waals surface area contributed by atoms with Gasteiger partial charge in [0.2, 0.25) is 0 Å². The van der Waals surface area contributed by atoms with Crippen molar-refractivity contribution in [1.82, 2.24) is 0 Å². The number of aliphatic hydroxyl groups is 1. The van der Waals surface area contributed by atoms with Gasteiger partial charge >= 0.3 is 0 Å². The van der Waals surface area contributed by atoms with E-state index in [2.05, 4.69) is 31.2 Å². The molecule has 0 radical (unpaired) electrons. The van der Waals surface area contributed by atoms with Crippen molar-refractivity contribution < 1.29 is 19.3 Å². The molecule has 0 aliphatic carbocycles. The summed E-state index contributed by atoms with van der Waals surface area (Å²) in [6.07, 6.45) is -1.54. The predicted octanol–water partition coefficient (Wildman–Crippen LogP) is 2.71. The summed E-state index contributed by atoms with van der Waals surface area (Å²) in [5, 5.41) is 10.3. The lowest BCUT2D eigenvalue weighted by molar-refractivity contribution is -0.159. The molecule has 21 heavy (non-hydrogen) atoms. The van der Waals surface area contributed by atoms with Gasteiger partial charge in [-0.2, -0.15) is 0 Å². The molecule has 0 amide bonds. The van der Waals surface area contributed by atoms with E-state index in [4.69, 9.17) is 14.2 Å². The fourth-order valence-corrected chi connectivity index (χ4v) is 3.91. The summed E-state index contributed by atoms with van der Waals surface area (Å²) in [6, 6.07) is 8.32. The lowest BCUT2D eigenvalue weighted by Gasteiger charge is -2.38. The summed E-state index contributed by atoms with van der Waals surface area (Å²) in [5.41, 5.74) is 1.05. The number of thioether (sulfide) groups is 1. The summed E-state index contributed by atoms with van der Waals surface area (Å²) < 4.78 is 17.8. The van der Waals surface area contributed by atoms with Crippen LogP contribution in [-0.2, 0) is 14.2 Å². The number of hydrogen-bond donors (Lipinski definition) is 1. The number of rotatable bonds is 2. The van der Waals surface area contributed by atoms with Crippen LogP contribution in [0.15, 0.2) is 29.2 Å². The Kier molecular flexibility index (Phi) is 4.05. The molecule has 0 saturated carbocycles. The third-order valence-corrected chi connectivity index (χ3v) is 5.03. The zero-order chi connectivity index (χ0) is 15.2. The molecule has 5 unspecified atom stereocenters. The van der Waals surface area contributed by atoms with E-state index in [0.29, 0.717) is 0 Å². The number of hydrogen-bond acceptors (Lipinski definition) is 5. The molecule has 1 N–H and O–H groups in total. The van der Waals surface area contributed by atoms with Crippen LogP contribution >= 0.6 is 11.8 Å². The summed E-state index contributed by atoms with van der Waals surface area (Å²) in [6.45, 7) is 7.68.